The number of nitrogens with zero attached hydrogens (tertiary/aromatic N) is 1. The van der Waals surface area contributed by atoms with Crippen LogP contribution < -0.4 is 10.6 Å². The van der Waals surface area contributed by atoms with E-state index in [0.29, 0.717) is 12.0 Å². The summed E-state index contributed by atoms with van der Waals surface area (Å²) < 4.78 is 0. The van der Waals surface area contributed by atoms with E-state index in [4.69, 9.17) is 0 Å². The molecule has 1 aliphatic carbocycles. The monoisotopic (exact) mass is 467 g/mol. The number of fused-ring (bicyclic) bond motifs is 4. The smallest absolute Gasteiger partial charge is 0.230 e. The highest BCUT2D eigenvalue weighted by atomic mass is 35.5. The molecule has 5 rings (SSSR count). The van der Waals surface area contributed by atoms with E-state index in [1.165, 1.54) is 50.8 Å². The average Bonchev–Trinajstić information content (AvgIpc) is 2.80. The van der Waals surface area contributed by atoms with Gasteiger partial charge in [0.2, 0.25) is 5.91 Å². The number of nitrogens with one attached hydrogen (secondary N) is 2. The quantitative estimate of drug-likeness (QED) is 0.692. The molecule has 1 aromatic rings. The molecule has 0 spiro atoms. The van der Waals surface area contributed by atoms with Gasteiger partial charge in [0, 0.05) is 18.6 Å². The number of benzene rings is 1. The number of carbonyl (C=O) groups excluding carboxylic acids is 1. The fourth-order valence-corrected chi connectivity index (χ4v) is 6.97. The Morgan fingerprint density at radius 2 is 1.74 bits per heavy atom. The topological polar surface area (TPSA) is 44.4 Å². The molecule has 4 aliphatic rings. The van der Waals surface area contributed by atoms with Crippen LogP contribution in [0.3, 0.4) is 0 Å². The maximum absolute atomic E-state index is 13.7. The largest absolute Gasteiger partial charge is 0.354 e. The van der Waals surface area contributed by atoms with Gasteiger partial charge in [0.05, 0.1) is 5.41 Å². The minimum atomic E-state index is -0.317. The van der Waals surface area contributed by atoms with Gasteiger partial charge in [-0.3, -0.25) is 9.69 Å². The van der Waals surface area contributed by atoms with Gasteiger partial charge in [0.15, 0.2) is 0 Å². The number of piperidine rings is 3. The fraction of sp³-hybridized carbons (Fsp3) is 0.720. The Morgan fingerprint density at radius 1 is 1.00 bits per heavy atom. The van der Waals surface area contributed by atoms with Crippen molar-refractivity contribution in [1.29, 1.82) is 0 Å². The van der Waals surface area contributed by atoms with Crippen molar-refractivity contribution in [2.75, 3.05) is 26.2 Å². The van der Waals surface area contributed by atoms with E-state index < -0.39 is 0 Å². The third-order valence-electron chi connectivity index (χ3n) is 8.46. The van der Waals surface area contributed by atoms with Gasteiger partial charge in [-0.1, -0.05) is 56.0 Å². The molecule has 0 aromatic heterocycles. The number of carbonyl (C=O) groups is 1. The molecular formula is C25H39Cl2N3O. The van der Waals surface area contributed by atoms with Crippen LogP contribution in [0.25, 0.3) is 0 Å². The Labute approximate surface area is 200 Å². The van der Waals surface area contributed by atoms with E-state index >= 15 is 0 Å². The lowest BCUT2D eigenvalue weighted by molar-refractivity contribution is -0.129. The SMILES string of the molecule is Cl.Cl.O=C(NC[C@H]1[C@@H]2CNC[C@@H](C2)[C@@H]2CCCCN21)C1(c2ccccc2)CCCCC1. The van der Waals surface area contributed by atoms with E-state index in [9.17, 15) is 4.79 Å². The Kier molecular flexibility index (Phi) is 8.71. The Bertz CT molecular complexity index is 710. The standard InChI is InChI=1S/C25H37N3O.2ClH/c29-24(25(12-6-2-7-13-25)21-9-3-1-4-10-21)27-18-23-20-15-19(16-26-17-20)22-11-5-8-14-28(22)23;;/h1,3-4,9-10,19-20,22-23,26H,2,5-8,11-18H2,(H,27,29);2*1H/t19-,20+,22+,23+;;/m1../s1. The first-order valence-electron chi connectivity index (χ1n) is 12.1. The summed E-state index contributed by atoms with van der Waals surface area (Å²) in [6.45, 7) is 4.35. The first-order valence-corrected chi connectivity index (χ1v) is 12.1. The predicted molar refractivity (Wildman–Crippen MR) is 131 cm³/mol. The summed E-state index contributed by atoms with van der Waals surface area (Å²) in [7, 11) is 0. The highest BCUT2D eigenvalue weighted by Gasteiger charge is 2.46. The molecule has 3 aliphatic heterocycles. The van der Waals surface area contributed by atoms with Crippen LogP contribution in [0.1, 0.15) is 63.4 Å². The zero-order valence-electron chi connectivity index (χ0n) is 18.6. The summed E-state index contributed by atoms with van der Waals surface area (Å²) in [6.07, 6.45) is 11.0. The van der Waals surface area contributed by atoms with Crippen LogP contribution in [-0.2, 0) is 10.2 Å². The summed E-state index contributed by atoms with van der Waals surface area (Å²) in [5, 5.41) is 7.18. The first kappa shape index (κ1) is 24.8. The molecular weight excluding hydrogens is 429 g/mol. The maximum Gasteiger partial charge on any atom is 0.230 e. The van der Waals surface area contributed by atoms with Crippen molar-refractivity contribution < 1.29 is 4.79 Å². The van der Waals surface area contributed by atoms with Crippen molar-refractivity contribution in [3.8, 4) is 0 Å². The summed E-state index contributed by atoms with van der Waals surface area (Å²) in [4.78, 5) is 16.4. The van der Waals surface area contributed by atoms with Gasteiger partial charge in [0.25, 0.3) is 0 Å². The molecule has 1 saturated carbocycles. The van der Waals surface area contributed by atoms with Gasteiger partial charge < -0.3 is 10.6 Å². The van der Waals surface area contributed by atoms with Crippen LogP contribution >= 0.6 is 24.8 Å². The second-order valence-electron chi connectivity index (χ2n) is 10.0. The summed E-state index contributed by atoms with van der Waals surface area (Å²) in [5.74, 6) is 1.78. The third kappa shape index (κ3) is 4.78. The molecule has 1 amide bonds. The number of hydrogen-bond acceptors (Lipinski definition) is 3. The number of amides is 1. The number of rotatable bonds is 4. The minimum Gasteiger partial charge on any atom is -0.354 e. The van der Waals surface area contributed by atoms with Crippen LogP contribution in [0, 0.1) is 11.8 Å². The first-order chi connectivity index (χ1) is 14.3. The third-order valence-corrected chi connectivity index (χ3v) is 8.46. The zero-order valence-corrected chi connectivity index (χ0v) is 20.2. The molecule has 0 unspecified atom stereocenters. The molecule has 4 nitrogen and oxygen atoms in total. The van der Waals surface area contributed by atoms with Crippen molar-refractivity contribution in [2.24, 2.45) is 11.8 Å². The van der Waals surface area contributed by atoms with E-state index in [0.717, 1.165) is 50.7 Å². The molecule has 4 fully saturated rings. The number of hydrogen-bond donors (Lipinski definition) is 2. The van der Waals surface area contributed by atoms with Crippen molar-refractivity contribution in [3.63, 3.8) is 0 Å². The van der Waals surface area contributed by atoms with Gasteiger partial charge in [-0.25, -0.2) is 0 Å². The fourth-order valence-electron chi connectivity index (χ4n) is 6.97. The molecule has 3 heterocycles. The normalized spacial score (nSPS) is 32.0. The minimum absolute atomic E-state index is 0. The highest BCUT2D eigenvalue weighted by Crippen LogP contribution is 2.41. The molecule has 6 heteroatoms. The number of halogens is 2. The van der Waals surface area contributed by atoms with Crippen LogP contribution in [0.4, 0.5) is 0 Å². The van der Waals surface area contributed by atoms with Crippen molar-refractivity contribution in [2.45, 2.75) is 75.3 Å². The molecule has 3 saturated heterocycles. The molecule has 2 bridgehead atoms. The average molecular weight is 469 g/mol. The van der Waals surface area contributed by atoms with Crippen molar-refractivity contribution >= 4 is 30.7 Å². The second kappa shape index (κ2) is 10.9. The molecule has 31 heavy (non-hydrogen) atoms. The summed E-state index contributed by atoms with van der Waals surface area (Å²) in [5.41, 5.74) is 0.902. The van der Waals surface area contributed by atoms with Crippen molar-refractivity contribution in [1.82, 2.24) is 15.5 Å². The summed E-state index contributed by atoms with van der Waals surface area (Å²) in [6, 6.07) is 11.8. The van der Waals surface area contributed by atoms with Crippen molar-refractivity contribution in [3.05, 3.63) is 35.9 Å². The maximum atomic E-state index is 13.7. The summed E-state index contributed by atoms with van der Waals surface area (Å²) >= 11 is 0. The van der Waals surface area contributed by atoms with Crippen LogP contribution in [-0.4, -0.2) is 49.1 Å². The van der Waals surface area contributed by atoms with Gasteiger partial charge in [0.1, 0.15) is 0 Å². The Morgan fingerprint density at radius 3 is 2.52 bits per heavy atom. The van der Waals surface area contributed by atoms with Crippen LogP contribution in [0.15, 0.2) is 30.3 Å². The van der Waals surface area contributed by atoms with Gasteiger partial charge in [-0.05, 0) is 69.1 Å². The predicted octanol–water partition coefficient (Wildman–Crippen LogP) is 4.31. The van der Waals surface area contributed by atoms with E-state index in [2.05, 4.69) is 45.9 Å². The molecule has 4 atom stereocenters. The van der Waals surface area contributed by atoms with E-state index in [-0.39, 0.29) is 36.1 Å². The lowest BCUT2D eigenvalue weighted by atomic mass is 9.68. The lowest BCUT2D eigenvalue weighted by Crippen LogP contribution is -2.65. The second-order valence-corrected chi connectivity index (χ2v) is 10.0. The van der Waals surface area contributed by atoms with Gasteiger partial charge in [-0.2, -0.15) is 0 Å². The van der Waals surface area contributed by atoms with Gasteiger partial charge >= 0.3 is 0 Å². The molecule has 0 radical (unpaired) electrons. The molecule has 1 aromatic carbocycles. The van der Waals surface area contributed by atoms with Crippen LogP contribution in [0.5, 0.6) is 0 Å². The molecule has 2 N–H and O–H groups in total. The van der Waals surface area contributed by atoms with E-state index in [1.807, 2.05) is 0 Å². The molecule has 174 valence electrons. The van der Waals surface area contributed by atoms with Crippen LogP contribution in [0.2, 0.25) is 0 Å². The van der Waals surface area contributed by atoms with E-state index in [1.54, 1.807) is 0 Å². The van der Waals surface area contributed by atoms with Gasteiger partial charge in [-0.15, -0.1) is 24.8 Å². The Balaban J connectivity index is 0.00000136. The highest BCUT2D eigenvalue weighted by molar-refractivity contribution is 5.88. The Hall–Kier alpha value is -0.810. The zero-order chi connectivity index (χ0) is 19.7. The lowest BCUT2D eigenvalue weighted by Gasteiger charge is -2.55.